The number of hydrogen-bond acceptors (Lipinski definition) is 3. The molecule has 3 aromatic rings. The molecule has 0 unspecified atom stereocenters. The maximum absolute atomic E-state index is 4.58. The SMILES string of the molecule is CNCc1ccn(Cc2nn(C)c3ccccc23)n1. The smallest absolute Gasteiger partial charge is 0.0918 e. The van der Waals surface area contributed by atoms with Gasteiger partial charge < -0.3 is 5.32 Å². The molecule has 5 nitrogen and oxygen atoms in total. The number of fused-ring (bicyclic) bond motifs is 1. The van der Waals surface area contributed by atoms with Gasteiger partial charge in [-0.3, -0.25) is 9.36 Å². The van der Waals surface area contributed by atoms with Crippen LogP contribution in [-0.4, -0.2) is 26.6 Å². The van der Waals surface area contributed by atoms with Crippen LogP contribution in [-0.2, 0) is 20.1 Å². The first-order valence-electron chi connectivity index (χ1n) is 6.35. The van der Waals surface area contributed by atoms with Gasteiger partial charge in [-0.1, -0.05) is 18.2 Å². The third-order valence-corrected chi connectivity index (χ3v) is 3.20. The van der Waals surface area contributed by atoms with Gasteiger partial charge in [0, 0.05) is 25.2 Å². The highest BCUT2D eigenvalue weighted by molar-refractivity contribution is 5.81. The summed E-state index contributed by atoms with van der Waals surface area (Å²) < 4.78 is 3.85. The van der Waals surface area contributed by atoms with Gasteiger partial charge in [0.1, 0.15) is 0 Å². The van der Waals surface area contributed by atoms with Crippen LogP contribution in [0.1, 0.15) is 11.4 Å². The molecule has 0 amide bonds. The van der Waals surface area contributed by atoms with Crippen LogP contribution < -0.4 is 5.32 Å². The van der Waals surface area contributed by atoms with Crippen molar-refractivity contribution in [2.45, 2.75) is 13.1 Å². The van der Waals surface area contributed by atoms with Crippen LogP contribution >= 0.6 is 0 Å². The van der Waals surface area contributed by atoms with E-state index in [0.717, 1.165) is 23.4 Å². The second kappa shape index (κ2) is 4.85. The van der Waals surface area contributed by atoms with Gasteiger partial charge in [-0.05, 0) is 19.2 Å². The summed E-state index contributed by atoms with van der Waals surface area (Å²) in [5.74, 6) is 0. The third kappa shape index (κ3) is 2.24. The van der Waals surface area contributed by atoms with Gasteiger partial charge in [-0.15, -0.1) is 0 Å². The van der Waals surface area contributed by atoms with Gasteiger partial charge in [0.05, 0.1) is 23.4 Å². The first-order valence-corrected chi connectivity index (χ1v) is 6.35. The van der Waals surface area contributed by atoms with Gasteiger partial charge in [-0.2, -0.15) is 10.2 Å². The van der Waals surface area contributed by atoms with Gasteiger partial charge in [0.15, 0.2) is 0 Å². The molecule has 0 saturated heterocycles. The first-order chi connectivity index (χ1) is 9.28. The van der Waals surface area contributed by atoms with E-state index >= 15 is 0 Å². The molecule has 5 heteroatoms. The molecule has 2 aromatic heterocycles. The normalized spacial score (nSPS) is 11.3. The van der Waals surface area contributed by atoms with E-state index in [-0.39, 0.29) is 0 Å². The monoisotopic (exact) mass is 255 g/mol. The minimum atomic E-state index is 0.699. The Morgan fingerprint density at radius 2 is 2.00 bits per heavy atom. The number of benzene rings is 1. The summed E-state index contributed by atoms with van der Waals surface area (Å²) in [4.78, 5) is 0. The highest BCUT2D eigenvalue weighted by atomic mass is 15.3. The first kappa shape index (κ1) is 11.9. The lowest BCUT2D eigenvalue weighted by atomic mass is 10.2. The van der Waals surface area contributed by atoms with Crippen LogP contribution in [0.5, 0.6) is 0 Å². The Morgan fingerprint density at radius 1 is 1.16 bits per heavy atom. The van der Waals surface area contributed by atoms with Crippen molar-refractivity contribution in [1.82, 2.24) is 24.9 Å². The molecule has 0 fully saturated rings. The Kier molecular flexibility index (Phi) is 3.05. The van der Waals surface area contributed by atoms with Crippen LogP contribution in [0.4, 0.5) is 0 Å². The number of nitrogens with one attached hydrogen (secondary N) is 1. The van der Waals surface area contributed by atoms with E-state index in [4.69, 9.17) is 0 Å². The molecule has 0 atom stereocenters. The highest BCUT2D eigenvalue weighted by Gasteiger charge is 2.08. The molecule has 1 aromatic carbocycles. The number of aryl methyl sites for hydroxylation is 1. The van der Waals surface area contributed by atoms with Crippen molar-refractivity contribution in [2.75, 3.05) is 7.05 Å². The van der Waals surface area contributed by atoms with Crippen molar-refractivity contribution in [3.8, 4) is 0 Å². The molecule has 0 spiro atoms. The summed E-state index contributed by atoms with van der Waals surface area (Å²) >= 11 is 0. The lowest BCUT2D eigenvalue weighted by molar-refractivity contribution is 0.637. The van der Waals surface area contributed by atoms with E-state index in [1.54, 1.807) is 0 Å². The van der Waals surface area contributed by atoms with Crippen molar-refractivity contribution >= 4 is 10.9 Å². The molecule has 0 aliphatic rings. The van der Waals surface area contributed by atoms with Crippen molar-refractivity contribution in [3.63, 3.8) is 0 Å². The zero-order chi connectivity index (χ0) is 13.2. The Balaban J connectivity index is 1.92. The molecule has 98 valence electrons. The Morgan fingerprint density at radius 3 is 2.84 bits per heavy atom. The van der Waals surface area contributed by atoms with Crippen LogP contribution in [0.3, 0.4) is 0 Å². The van der Waals surface area contributed by atoms with Crippen molar-refractivity contribution < 1.29 is 0 Å². The zero-order valence-electron chi connectivity index (χ0n) is 11.2. The summed E-state index contributed by atoms with van der Waals surface area (Å²) in [6, 6.07) is 10.3. The fourth-order valence-electron chi connectivity index (χ4n) is 2.33. The fourth-order valence-corrected chi connectivity index (χ4v) is 2.33. The minimum absolute atomic E-state index is 0.699. The van der Waals surface area contributed by atoms with E-state index in [9.17, 15) is 0 Å². The lowest BCUT2D eigenvalue weighted by Crippen LogP contribution is -2.07. The second-order valence-corrected chi connectivity index (χ2v) is 4.62. The van der Waals surface area contributed by atoms with Crippen molar-refractivity contribution in [3.05, 3.63) is 47.9 Å². The Labute approximate surface area is 111 Å². The average Bonchev–Trinajstić information content (AvgIpc) is 2.97. The topological polar surface area (TPSA) is 47.7 Å². The summed E-state index contributed by atoms with van der Waals surface area (Å²) in [5, 5.41) is 13.4. The molecule has 0 bridgehead atoms. The summed E-state index contributed by atoms with van der Waals surface area (Å²) in [6.45, 7) is 1.49. The second-order valence-electron chi connectivity index (χ2n) is 4.62. The maximum Gasteiger partial charge on any atom is 0.0918 e. The van der Waals surface area contributed by atoms with E-state index in [1.165, 1.54) is 5.39 Å². The van der Waals surface area contributed by atoms with E-state index in [1.807, 2.05) is 47.9 Å². The van der Waals surface area contributed by atoms with Gasteiger partial charge in [0.25, 0.3) is 0 Å². The molecule has 3 rings (SSSR count). The van der Waals surface area contributed by atoms with Crippen molar-refractivity contribution in [1.29, 1.82) is 0 Å². The molecular formula is C14H17N5. The third-order valence-electron chi connectivity index (χ3n) is 3.20. The largest absolute Gasteiger partial charge is 0.314 e. The van der Waals surface area contributed by atoms with E-state index < -0.39 is 0 Å². The van der Waals surface area contributed by atoms with E-state index in [2.05, 4.69) is 27.6 Å². The van der Waals surface area contributed by atoms with E-state index in [0.29, 0.717) is 6.54 Å². The van der Waals surface area contributed by atoms with Gasteiger partial charge in [-0.25, -0.2) is 0 Å². The summed E-state index contributed by atoms with van der Waals surface area (Å²) in [5.41, 5.74) is 3.25. The Bertz CT molecular complexity index is 695. The lowest BCUT2D eigenvalue weighted by Gasteiger charge is -1.99. The maximum atomic E-state index is 4.58. The quantitative estimate of drug-likeness (QED) is 0.769. The van der Waals surface area contributed by atoms with Gasteiger partial charge in [0.2, 0.25) is 0 Å². The molecule has 0 saturated carbocycles. The fraction of sp³-hybridized carbons (Fsp3) is 0.286. The number of nitrogens with zero attached hydrogens (tertiary/aromatic N) is 4. The number of aromatic nitrogens is 4. The number of rotatable bonds is 4. The molecule has 2 heterocycles. The van der Waals surface area contributed by atoms with Crippen LogP contribution in [0, 0.1) is 0 Å². The number of hydrogen-bond donors (Lipinski definition) is 1. The average molecular weight is 255 g/mol. The predicted molar refractivity (Wildman–Crippen MR) is 74.8 cm³/mol. The van der Waals surface area contributed by atoms with Gasteiger partial charge >= 0.3 is 0 Å². The summed E-state index contributed by atoms with van der Waals surface area (Å²) in [6.07, 6.45) is 2.00. The molecule has 1 N–H and O–H groups in total. The zero-order valence-corrected chi connectivity index (χ0v) is 11.2. The minimum Gasteiger partial charge on any atom is -0.314 e. The number of para-hydroxylation sites is 1. The molecular weight excluding hydrogens is 238 g/mol. The molecule has 0 radical (unpaired) electrons. The Hall–Kier alpha value is -2.14. The van der Waals surface area contributed by atoms with Crippen LogP contribution in [0.25, 0.3) is 10.9 Å². The molecule has 0 aliphatic heterocycles. The molecule has 0 aliphatic carbocycles. The van der Waals surface area contributed by atoms with Crippen LogP contribution in [0.2, 0.25) is 0 Å². The van der Waals surface area contributed by atoms with Crippen LogP contribution in [0.15, 0.2) is 36.5 Å². The standard InChI is InChI=1S/C14H17N5/c1-15-9-11-7-8-19(16-11)10-13-12-5-3-4-6-14(12)18(2)17-13/h3-8,15H,9-10H2,1-2H3. The van der Waals surface area contributed by atoms with Crippen molar-refractivity contribution in [2.24, 2.45) is 7.05 Å². The molecule has 19 heavy (non-hydrogen) atoms. The predicted octanol–water partition coefficient (Wildman–Crippen LogP) is 1.54. The highest BCUT2D eigenvalue weighted by Crippen LogP contribution is 2.18. The summed E-state index contributed by atoms with van der Waals surface area (Å²) in [7, 11) is 3.90.